The standard InChI is InChI=1S/C23H22OSSe2/c1-2-24-18-22(25-19-12-6-3-7-13-19)23(26-20-14-8-4-9-15-20)27-21-16-10-5-11-17-21/h3-17H,2,18H2,1H3. The molecule has 0 radical (unpaired) electrons. The van der Waals surface area contributed by atoms with Crippen LogP contribution in [0.15, 0.2) is 104 Å². The molecule has 0 bridgehead atoms. The molecule has 0 saturated carbocycles. The zero-order valence-electron chi connectivity index (χ0n) is 15.2. The molecule has 3 aromatic carbocycles. The first-order valence-corrected chi connectivity index (χ1v) is 13.1. The minimum atomic E-state index is 0.297. The molecule has 3 aromatic rings. The van der Waals surface area contributed by atoms with Gasteiger partial charge in [0.15, 0.2) is 0 Å². The van der Waals surface area contributed by atoms with Crippen molar-refractivity contribution < 1.29 is 4.74 Å². The summed E-state index contributed by atoms with van der Waals surface area (Å²) in [6.45, 7) is 3.49. The topological polar surface area (TPSA) is 9.23 Å². The molecule has 27 heavy (non-hydrogen) atoms. The Bertz CT molecular complexity index is 793. The van der Waals surface area contributed by atoms with E-state index in [1.807, 2.05) is 11.8 Å². The molecule has 1 nitrogen and oxygen atoms in total. The number of ether oxygens (including phenoxy) is 1. The first-order chi connectivity index (χ1) is 13.3. The van der Waals surface area contributed by atoms with E-state index >= 15 is 0 Å². The molecule has 0 aliphatic rings. The molecular weight excluding hydrogens is 482 g/mol. The van der Waals surface area contributed by atoms with E-state index in [0.717, 1.165) is 6.61 Å². The SMILES string of the molecule is CCOCC(Sc1ccccc1)=C([Se]c1ccccc1)[Se]c1ccccc1. The molecule has 0 heterocycles. The second-order valence-electron chi connectivity index (χ2n) is 5.59. The molecule has 0 amide bonds. The van der Waals surface area contributed by atoms with Gasteiger partial charge in [0.25, 0.3) is 0 Å². The van der Waals surface area contributed by atoms with Crippen LogP contribution in [0.2, 0.25) is 0 Å². The Morgan fingerprint density at radius 3 is 1.70 bits per heavy atom. The van der Waals surface area contributed by atoms with Crippen molar-refractivity contribution >= 4 is 50.6 Å². The normalized spacial score (nSPS) is 10.6. The van der Waals surface area contributed by atoms with E-state index in [0.29, 0.717) is 36.5 Å². The van der Waals surface area contributed by atoms with Crippen molar-refractivity contribution in [3.05, 3.63) is 99.3 Å². The number of hydrogen-bond acceptors (Lipinski definition) is 2. The second-order valence-corrected chi connectivity index (χ2v) is 12.6. The van der Waals surface area contributed by atoms with E-state index < -0.39 is 0 Å². The Morgan fingerprint density at radius 1 is 0.741 bits per heavy atom. The molecule has 0 unspecified atom stereocenters. The second kappa shape index (κ2) is 11.6. The van der Waals surface area contributed by atoms with E-state index in [1.54, 1.807) is 3.37 Å². The molecular formula is C23H22OSSe2. The van der Waals surface area contributed by atoms with Crippen LogP contribution in [0.1, 0.15) is 6.92 Å². The van der Waals surface area contributed by atoms with Crippen LogP contribution in [-0.2, 0) is 4.74 Å². The Labute approximate surface area is 178 Å². The molecule has 0 aliphatic heterocycles. The van der Waals surface area contributed by atoms with Gasteiger partial charge in [-0.3, -0.25) is 0 Å². The number of hydrogen-bond donors (Lipinski definition) is 0. The van der Waals surface area contributed by atoms with Crippen LogP contribution in [0.3, 0.4) is 0 Å². The fraction of sp³-hybridized carbons (Fsp3) is 0.130. The molecule has 3 rings (SSSR count). The van der Waals surface area contributed by atoms with Crippen molar-refractivity contribution in [1.82, 2.24) is 0 Å². The summed E-state index contributed by atoms with van der Waals surface area (Å²) >= 11 is 2.46. The molecule has 0 spiro atoms. The predicted octanol–water partition coefficient (Wildman–Crippen LogP) is 4.04. The van der Waals surface area contributed by atoms with E-state index in [2.05, 4.69) is 97.9 Å². The van der Waals surface area contributed by atoms with Crippen molar-refractivity contribution in [2.45, 2.75) is 11.8 Å². The molecule has 4 heteroatoms. The summed E-state index contributed by atoms with van der Waals surface area (Å²) in [7, 11) is 0. The van der Waals surface area contributed by atoms with Gasteiger partial charge in [-0.1, -0.05) is 0 Å². The van der Waals surface area contributed by atoms with E-state index in [4.69, 9.17) is 4.74 Å². The Morgan fingerprint density at radius 2 is 1.22 bits per heavy atom. The van der Waals surface area contributed by atoms with Crippen LogP contribution in [0.4, 0.5) is 0 Å². The van der Waals surface area contributed by atoms with Gasteiger partial charge in [-0.2, -0.15) is 0 Å². The summed E-state index contributed by atoms with van der Waals surface area (Å²) < 4.78 is 10.3. The summed E-state index contributed by atoms with van der Waals surface area (Å²) in [5.41, 5.74) is 0. The van der Waals surface area contributed by atoms with Crippen molar-refractivity contribution in [2.75, 3.05) is 13.2 Å². The Balaban J connectivity index is 1.94. The van der Waals surface area contributed by atoms with Gasteiger partial charge in [0.05, 0.1) is 0 Å². The third kappa shape index (κ3) is 7.01. The molecule has 0 atom stereocenters. The summed E-state index contributed by atoms with van der Waals surface area (Å²) in [5.74, 6) is 0. The first kappa shape index (κ1) is 20.5. The Hall–Kier alpha value is -1.25. The van der Waals surface area contributed by atoms with Crippen LogP contribution < -0.4 is 8.92 Å². The molecule has 0 fully saturated rings. The van der Waals surface area contributed by atoms with Crippen LogP contribution in [0.25, 0.3) is 0 Å². The monoisotopic (exact) mass is 506 g/mol. The molecule has 0 saturated heterocycles. The van der Waals surface area contributed by atoms with Gasteiger partial charge in [0.2, 0.25) is 0 Å². The van der Waals surface area contributed by atoms with Gasteiger partial charge in [0, 0.05) is 0 Å². The van der Waals surface area contributed by atoms with E-state index in [1.165, 1.54) is 18.7 Å². The molecule has 0 aliphatic carbocycles. The van der Waals surface area contributed by atoms with Crippen molar-refractivity contribution in [1.29, 1.82) is 0 Å². The maximum absolute atomic E-state index is 5.87. The van der Waals surface area contributed by atoms with Gasteiger partial charge in [0.1, 0.15) is 0 Å². The van der Waals surface area contributed by atoms with E-state index in [-0.39, 0.29) is 0 Å². The van der Waals surface area contributed by atoms with Gasteiger partial charge in [-0.25, -0.2) is 0 Å². The molecule has 138 valence electrons. The summed E-state index contributed by atoms with van der Waals surface area (Å²) in [6.07, 6.45) is 0. The fourth-order valence-corrected chi connectivity index (χ4v) is 9.54. The van der Waals surface area contributed by atoms with Gasteiger partial charge >= 0.3 is 180 Å². The fourth-order valence-electron chi connectivity index (χ4n) is 2.28. The van der Waals surface area contributed by atoms with E-state index in [9.17, 15) is 0 Å². The average Bonchev–Trinajstić information content (AvgIpc) is 2.73. The number of thioether (sulfide) groups is 1. The average molecular weight is 504 g/mol. The number of rotatable bonds is 9. The molecule has 0 aromatic heterocycles. The summed E-state index contributed by atoms with van der Waals surface area (Å²) in [4.78, 5) is 2.65. The summed E-state index contributed by atoms with van der Waals surface area (Å²) in [5, 5.41) is 0. The maximum atomic E-state index is 5.87. The first-order valence-electron chi connectivity index (χ1n) is 8.84. The van der Waals surface area contributed by atoms with Gasteiger partial charge in [-0.15, -0.1) is 0 Å². The summed E-state index contributed by atoms with van der Waals surface area (Å²) in [6, 6.07) is 32.3. The number of benzene rings is 3. The van der Waals surface area contributed by atoms with Gasteiger partial charge in [-0.05, 0) is 0 Å². The molecule has 0 N–H and O–H groups in total. The third-order valence-electron chi connectivity index (χ3n) is 3.56. The van der Waals surface area contributed by atoms with Crippen LogP contribution in [-0.4, -0.2) is 43.1 Å². The third-order valence-corrected chi connectivity index (χ3v) is 11.0. The van der Waals surface area contributed by atoms with Crippen molar-refractivity contribution in [3.8, 4) is 0 Å². The Kier molecular flexibility index (Phi) is 8.77. The van der Waals surface area contributed by atoms with Crippen molar-refractivity contribution in [3.63, 3.8) is 0 Å². The zero-order chi connectivity index (χ0) is 18.7. The quantitative estimate of drug-likeness (QED) is 0.322. The van der Waals surface area contributed by atoms with Crippen LogP contribution in [0, 0.1) is 0 Å². The predicted molar refractivity (Wildman–Crippen MR) is 119 cm³/mol. The minimum absolute atomic E-state index is 0.297. The van der Waals surface area contributed by atoms with Crippen molar-refractivity contribution in [2.24, 2.45) is 0 Å². The zero-order valence-corrected chi connectivity index (χ0v) is 19.5. The van der Waals surface area contributed by atoms with Crippen LogP contribution in [0.5, 0.6) is 0 Å². The van der Waals surface area contributed by atoms with Gasteiger partial charge < -0.3 is 0 Å². The van der Waals surface area contributed by atoms with Crippen LogP contribution >= 0.6 is 11.8 Å².